The molecule has 0 saturated heterocycles. The molecule has 0 aliphatic carbocycles. The zero-order chi connectivity index (χ0) is 20.4. The number of aliphatic hydroxyl groups excluding tert-OH is 1. The lowest BCUT2D eigenvalue weighted by Gasteiger charge is -2.31. The van der Waals surface area contributed by atoms with E-state index in [-0.39, 0.29) is 5.78 Å². The van der Waals surface area contributed by atoms with Crippen LogP contribution < -0.4 is 0 Å². The van der Waals surface area contributed by atoms with Gasteiger partial charge in [-0.2, -0.15) is 0 Å². The molecule has 160 valence electrons. The zero-order valence-corrected chi connectivity index (χ0v) is 18.8. The lowest BCUT2D eigenvalue weighted by Crippen LogP contribution is -2.49. The molecule has 0 fully saturated rings. The lowest BCUT2D eigenvalue weighted by molar-refractivity contribution is -0.122. The van der Waals surface area contributed by atoms with Crippen molar-refractivity contribution in [2.24, 2.45) is 0 Å². The Morgan fingerprint density at radius 2 is 1.37 bits per heavy atom. The van der Waals surface area contributed by atoms with Gasteiger partial charge in [0.15, 0.2) is 5.78 Å². The van der Waals surface area contributed by atoms with Gasteiger partial charge in [0.2, 0.25) is 0 Å². The summed E-state index contributed by atoms with van der Waals surface area (Å²) < 4.78 is 17.9. The molecule has 0 aromatic heterocycles. The molecule has 0 bridgehead atoms. The fourth-order valence-electron chi connectivity index (χ4n) is 3.11. The Morgan fingerprint density at radius 1 is 0.926 bits per heavy atom. The van der Waals surface area contributed by atoms with Crippen LogP contribution in [0.1, 0.15) is 85.0 Å². The molecule has 1 N–H and O–H groups in total. The molecule has 1 atom stereocenters. The summed E-state index contributed by atoms with van der Waals surface area (Å²) in [5.41, 5.74) is 0. The van der Waals surface area contributed by atoms with Crippen LogP contribution in [0.25, 0.3) is 0 Å². The number of unbranched alkanes of at least 4 members (excludes halogenated alkanes) is 9. The topological polar surface area (TPSA) is 65.0 Å². The number of carbonyl (C=O) groups is 1. The second-order valence-electron chi connectivity index (χ2n) is 6.92. The Bertz CT molecular complexity index is 370. The summed E-state index contributed by atoms with van der Waals surface area (Å²) in [6.07, 6.45) is 12.5. The summed E-state index contributed by atoms with van der Waals surface area (Å²) in [7, 11) is -2.82. The highest BCUT2D eigenvalue weighted by Gasteiger charge is 2.42. The molecule has 0 spiro atoms. The maximum Gasteiger partial charge on any atom is 0.501 e. The minimum Gasteiger partial charge on any atom is -0.396 e. The predicted octanol–water partition coefficient (Wildman–Crippen LogP) is 5.05. The van der Waals surface area contributed by atoms with Crippen LogP contribution in [-0.2, 0) is 18.1 Å². The van der Waals surface area contributed by atoms with E-state index in [2.05, 4.69) is 6.58 Å². The highest BCUT2D eigenvalue weighted by atomic mass is 28.4. The van der Waals surface area contributed by atoms with Crippen LogP contribution in [0, 0.1) is 0 Å². The molecule has 0 aliphatic heterocycles. The van der Waals surface area contributed by atoms with E-state index in [0.29, 0.717) is 19.8 Å². The lowest BCUT2D eigenvalue weighted by atomic mass is 10.1. The van der Waals surface area contributed by atoms with Crippen LogP contribution in [0.5, 0.6) is 0 Å². The molecule has 0 aliphatic rings. The number of hydrogen-bond donors (Lipinski definition) is 1. The molecule has 0 aromatic rings. The summed E-state index contributed by atoms with van der Waals surface area (Å²) in [5.74, 6) is -0.134. The third-order valence-electron chi connectivity index (χ3n) is 4.58. The van der Waals surface area contributed by atoms with Gasteiger partial charge in [0.25, 0.3) is 0 Å². The van der Waals surface area contributed by atoms with Crippen LogP contribution in [0.3, 0.4) is 0 Å². The van der Waals surface area contributed by atoms with Crippen molar-refractivity contribution in [2.75, 3.05) is 19.8 Å². The SMILES string of the molecule is C=CC(=O)C(C)O[Si](CCCCCCCCCCCCO)(OCC)OCC. The van der Waals surface area contributed by atoms with Gasteiger partial charge in [0, 0.05) is 25.9 Å². The Labute approximate surface area is 167 Å². The maximum absolute atomic E-state index is 11.8. The van der Waals surface area contributed by atoms with Crippen LogP contribution in [-0.4, -0.2) is 45.6 Å². The van der Waals surface area contributed by atoms with Crippen LogP contribution in [0.15, 0.2) is 12.7 Å². The summed E-state index contributed by atoms with van der Waals surface area (Å²) in [5, 5.41) is 8.76. The van der Waals surface area contributed by atoms with Crippen molar-refractivity contribution < 1.29 is 23.2 Å². The summed E-state index contributed by atoms with van der Waals surface area (Å²) in [4.78, 5) is 11.8. The molecule has 1 unspecified atom stereocenters. The molecule has 5 nitrogen and oxygen atoms in total. The zero-order valence-electron chi connectivity index (χ0n) is 17.8. The molecule has 0 rings (SSSR count). The van der Waals surface area contributed by atoms with E-state index in [1.807, 2.05) is 13.8 Å². The summed E-state index contributed by atoms with van der Waals surface area (Å²) in [6.45, 7) is 10.5. The first-order valence-electron chi connectivity index (χ1n) is 10.8. The second-order valence-corrected chi connectivity index (χ2v) is 9.60. The van der Waals surface area contributed by atoms with Crippen LogP contribution >= 0.6 is 0 Å². The van der Waals surface area contributed by atoms with Gasteiger partial charge in [-0.1, -0.05) is 57.9 Å². The third-order valence-corrected chi connectivity index (χ3v) is 7.71. The van der Waals surface area contributed by atoms with Crippen molar-refractivity contribution in [3.05, 3.63) is 12.7 Å². The van der Waals surface area contributed by atoms with Gasteiger partial charge in [0.1, 0.15) is 6.10 Å². The van der Waals surface area contributed by atoms with Gasteiger partial charge >= 0.3 is 8.80 Å². The Morgan fingerprint density at radius 3 is 1.78 bits per heavy atom. The maximum atomic E-state index is 11.8. The Hall–Kier alpha value is -0.533. The van der Waals surface area contributed by atoms with Crippen LogP contribution in [0.2, 0.25) is 6.04 Å². The van der Waals surface area contributed by atoms with Gasteiger partial charge < -0.3 is 18.4 Å². The van der Waals surface area contributed by atoms with Gasteiger partial charge in [0.05, 0.1) is 0 Å². The minimum absolute atomic E-state index is 0.134. The number of carbonyl (C=O) groups excluding carboxylic acids is 1. The van der Waals surface area contributed by atoms with Gasteiger partial charge in [-0.05, 0) is 39.7 Å². The van der Waals surface area contributed by atoms with Crippen molar-refractivity contribution in [1.82, 2.24) is 0 Å². The highest BCUT2D eigenvalue weighted by Crippen LogP contribution is 2.23. The molecule has 0 radical (unpaired) electrons. The standard InChI is InChI=1S/C21H42O5Si/c1-5-21(23)20(4)26-27(24-6-2,25-7-3)19-17-15-13-11-9-8-10-12-14-16-18-22/h5,20,22H,1,6-19H2,2-4H3. The van der Waals surface area contributed by atoms with Crippen molar-refractivity contribution in [2.45, 2.75) is 97.1 Å². The number of ketones is 1. The molecular formula is C21H42O5Si. The highest BCUT2D eigenvalue weighted by molar-refractivity contribution is 6.61. The van der Waals surface area contributed by atoms with E-state index >= 15 is 0 Å². The monoisotopic (exact) mass is 402 g/mol. The molecule has 0 amide bonds. The van der Waals surface area contributed by atoms with Crippen molar-refractivity contribution in [3.63, 3.8) is 0 Å². The summed E-state index contributed by atoms with van der Waals surface area (Å²) >= 11 is 0. The first-order chi connectivity index (χ1) is 13.0. The molecule has 6 heteroatoms. The van der Waals surface area contributed by atoms with E-state index in [9.17, 15) is 4.79 Å². The van der Waals surface area contributed by atoms with Crippen LogP contribution in [0.4, 0.5) is 0 Å². The molecule has 27 heavy (non-hydrogen) atoms. The Balaban J connectivity index is 4.14. The number of aliphatic hydroxyl groups is 1. The second kappa shape index (κ2) is 17.6. The summed E-state index contributed by atoms with van der Waals surface area (Å²) in [6, 6.07) is 0.755. The van der Waals surface area contributed by atoms with Crippen molar-refractivity contribution in [3.8, 4) is 0 Å². The third kappa shape index (κ3) is 13.3. The van der Waals surface area contributed by atoms with E-state index in [1.54, 1.807) is 6.92 Å². The van der Waals surface area contributed by atoms with Gasteiger partial charge in [-0.15, -0.1) is 0 Å². The van der Waals surface area contributed by atoms with Crippen molar-refractivity contribution in [1.29, 1.82) is 0 Å². The largest absolute Gasteiger partial charge is 0.501 e. The first kappa shape index (κ1) is 26.5. The number of hydrogen-bond acceptors (Lipinski definition) is 5. The molecule has 0 aromatic carbocycles. The van der Waals surface area contributed by atoms with Gasteiger partial charge in [-0.25, -0.2) is 0 Å². The van der Waals surface area contributed by atoms with E-state index in [0.717, 1.165) is 31.7 Å². The van der Waals surface area contributed by atoms with E-state index in [4.69, 9.17) is 18.4 Å². The molecular weight excluding hydrogens is 360 g/mol. The predicted molar refractivity (Wildman–Crippen MR) is 113 cm³/mol. The Kier molecular flexibility index (Phi) is 17.2. The van der Waals surface area contributed by atoms with Crippen molar-refractivity contribution >= 4 is 14.6 Å². The first-order valence-corrected chi connectivity index (χ1v) is 12.7. The quantitative estimate of drug-likeness (QED) is 0.175. The fourth-order valence-corrected chi connectivity index (χ4v) is 5.96. The number of rotatable bonds is 20. The molecule has 0 heterocycles. The average Bonchev–Trinajstić information content (AvgIpc) is 2.65. The molecule has 0 saturated carbocycles. The average molecular weight is 403 g/mol. The normalized spacial score (nSPS) is 12.9. The van der Waals surface area contributed by atoms with E-state index in [1.165, 1.54) is 44.6 Å². The van der Waals surface area contributed by atoms with E-state index < -0.39 is 14.9 Å². The minimum atomic E-state index is -2.82. The fraction of sp³-hybridized carbons (Fsp3) is 0.857. The smallest absolute Gasteiger partial charge is 0.396 e. The van der Waals surface area contributed by atoms with Gasteiger partial charge in [-0.3, -0.25) is 4.79 Å².